The number of carbonyl (C=O) groups excluding carboxylic acids is 1. The van der Waals surface area contributed by atoms with Crippen LogP contribution in [0.15, 0.2) is 36.4 Å². The van der Waals surface area contributed by atoms with Crippen LogP contribution in [0.3, 0.4) is 0 Å². The van der Waals surface area contributed by atoms with Crippen molar-refractivity contribution in [2.45, 2.75) is 13.5 Å². The first kappa shape index (κ1) is 15.3. The Labute approximate surface area is 127 Å². The van der Waals surface area contributed by atoms with Gasteiger partial charge >= 0.3 is 5.97 Å². The molecule has 0 aliphatic rings. The molecule has 110 valence electrons. The zero-order chi connectivity index (χ0) is 15.4. The van der Waals surface area contributed by atoms with Gasteiger partial charge in [0.2, 0.25) is 0 Å². The fraction of sp³-hybridized carbons (Fsp3) is 0.188. The monoisotopic (exact) mass is 307 g/mol. The van der Waals surface area contributed by atoms with E-state index in [1.165, 1.54) is 19.2 Å². The van der Waals surface area contributed by atoms with E-state index in [-0.39, 0.29) is 5.82 Å². The van der Waals surface area contributed by atoms with Crippen molar-refractivity contribution in [3.8, 4) is 0 Å². The molecule has 21 heavy (non-hydrogen) atoms. The Kier molecular flexibility index (Phi) is 4.81. The van der Waals surface area contributed by atoms with Gasteiger partial charge in [0.25, 0.3) is 0 Å². The second-order valence-electron chi connectivity index (χ2n) is 4.61. The van der Waals surface area contributed by atoms with Gasteiger partial charge in [-0.25, -0.2) is 9.18 Å². The van der Waals surface area contributed by atoms with Crippen LogP contribution >= 0.6 is 11.6 Å². The summed E-state index contributed by atoms with van der Waals surface area (Å²) in [4.78, 5) is 11.6. The normalized spacial score (nSPS) is 10.3. The molecule has 0 radical (unpaired) electrons. The molecule has 0 bridgehead atoms. The summed E-state index contributed by atoms with van der Waals surface area (Å²) >= 11 is 5.95. The molecule has 2 rings (SSSR count). The third-order valence-corrected chi connectivity index (χ3v) is 3.50. The molecule has 0 aliphatic heterocycles. The van der Waals surface area contributed by atoms with Crippen LogP contribution in [-0.2, 0) is 11.3 Å². The Morgan fingerprint density at radius 1 is 1.29 bits per heavy atom. The molecule has 1 N–H and O–H groups in total. The van der Waals surface area contributed by atoms with Crippen molar-refractivity contribution in [1.29, 1.82) is 0 Å². The number of halogens is 2. The molecule has 0 saturated heterocycles. The van der Waals surface area contributed by atoms with Crippen LogP contribution < -0.4 is 5.32 Å². The fourth-order valence-electron chi connectivity index (χ4n) is 1.93. The summed E-state index contributed by atoms with van der Waals surface area (Å²) in [5.74, 6) is -0.769. The van der Waals surface area contributed by atoms with Crippen molar-refractivity contribution in [3.63, 3.8) is 0 Å². The largest absolute Gasteiger partial charge is 0.465 e. The van der Waals surface area contributed by atoms with Gasteiger partial charge in [-0.1, -0.05) is 17.7 Å². The van der Waals surface area contributed by atoms with Crippen LogP contribution in [0.2, 0.25) is 5.02 Å². The lowest BCUT2D eigenvalue weighted by Gasteiger charge is -2.11. The van der Waals surface area contributed by atoms with E-state index in [4.69, 9.17) is 11.6 Å². The second kappa shape index (κ2) is 6.59. The smallest absolute Gasteiger partial charge is 0.339 e. The van der Waals surface area contributed by atoms with Crippen molar-refractivity contribution in [3.05, 3.63) is 63.9 Å². The van der Waals surface area contributed by atoms with Crippen molar-refractivity contribution in [1.82, 2.24) is 0 Å². The molecule has 5 heteroatoms. The average Bonchev–Trinajstić information content (AvgIpc) is 2.48. The number of aryl methyl sites for hydroxylation is 1. The van der Waals surface area contributed by atoms with Crippen LogP contribution in [0.5, 0.6) is 0 Å². The van der Waals surface area contributed by atoms with Crippen LogP contribution in [-0.4, -0.2) is 13.1 Å². The second-order valence-corrected chi connectivity index (χ2v) is 5.02. The summed E-state index contributed by atoms with van der Waals surface area (Å²) in [5.41, 5.74) is 2.85. The molecule has 0 spiro atoms. The maximum atomic E-state index is 13.2. The number of ether oxygens (including phenoxy) is 1. The molecular weight excluding hydrogens is 293 g/mol. The molecule has 0 aliphatic carbocycles. The summed E-state index contributed by atoms with van der Waals surface area (Å²) < 4.78 is 17.9. The molecule has 3 nitrogen and oxygen atoms in total. The quantitative estimate of drug-likeness (QED) is 0.861. The number of rotatable bonds is 4. The lowest BCUT2D eigenvalue weighted by atomic mass is 10.1. The first-order valence-electron chi connectivity index (χ1n) is 6.38. The molecule has 0 aromatic heterocycles. The number of carbonyl (C=O) groups is 1. The number of methoxy groups -OCH3 is 1. The van der Waals surface area contributed by atoms with Crippen molar-refractivity contribution in [2.75, 3.05) is 12.4 Å². The van der Waals surface area contributed by atoms with Gasteiger partial charge in [-0.15, -0.1) is 0 Å². The predicted octanol–water partition coefficient (Wildman–Crippen LogP) is 4.19. The lowest BCUT2D eigenvalue weighted by molar-refractivity contribution is 0.0601. The van der Waals surface area contributed by atoms with Crippen molar-refractivity contribution >= 4 is 23.3 Å². The summed E-state index contributed by atoms with van der Waals surface area (Å²) in [7, 11) is 1.30. The van der Waals surface area contributed by atoms with Crippen molar-refractivity contribution in [2.24, 2.45) is 0 Å². The molecule has 0 heterocycles. The molecule has 2 aromatic rings. The van der Waals surface area contributed by atoms with E-state index < -0.39 is 5.97 Å². The number of anilines is 1. The van der Waals surface area contributed by atoms with Crippen LogP contribution in [0.25, 0.3) is 0 Å². The van der Waals surface area contributed by atoms with Gasteiger partial charge in [-0.05, 0) is 48.4 Å². The standard InChI is InChI=1S/C16H15ClFNO2/c1-10-3-4-12(18)7-11(10)9-19-13-5-6-15(17)14(8-13)16(20)21-2/h3-8,19H,9H2,1-2H3. The maximum Gasteiger partial charge on any atom is 0.339 e. The highest BCUT2D eigenvalue weighted by Crippen LogP contribution is 2.22. The van der Waals surface area contributed by atoms with Gasteiger partial charge in [0.1, 0.15) is 5.82 Å². The first-order chi connectivity index (χ1) is 10.0. The molecule has 2 aromatic carbocycles. The van der Waals surface area contributed by atoms with Gasteiger partial charge < -0.3 is 10.1 Å². The van der Waals surface area contributed by atoms with E-state index in [9.17, 15) is 9.18 Å². The summed E-state index contributed by atoms with van der Waals surface area (Å²) in [6.45, 7) is 2.37. The minimum absolute atomic E-state index is 0.274. The zero-order valence-corrected chi connectivity index (χ0v) is 12.5. The van der Waals surface area contributed by atoms with Crippen LogP contribution in [0.4, 0.5) is 10.1 Å². The third kappa shape index (κ3) is 3.73. The molecular formula is C16H15ClFNO2. The van der Waals surface area contributed by atoms with E-state index in [0.717, 1.165) is 11.1 Å². The highest BCUT2D eigenvalue weighted by Gasteiger charge is 2.11. The molecule has 0 unspecified atom stereocenters. The molecule has 0 atom stereocenters. The van der Waals surface area contributed by atoms with Gasteiger partial charge in [0, 0.05) is 12.2 Å². The SMILES string of the molecule is COC(=O)c1cc(NCc2cc(F)ccc2C)ccc1Cl. The fourth-order valence-corrected chi connectivity index (χ4v) is 2.12. The van der Waals surface area contributed by atoms with Gasteiger partial charge in [-0.3, -0.25) is 0 Å². The van der Waals surface area contributed by atoms with Crippen LogP contribution in [0.1, 0.15) is 21.5 Å². The van der Waals surface area contributed by atoms with E-state index in [2.05, 4.69) is 10.1 Å². The molecule has 0 saturated carbocycles. The number of nitrogens with one attached hydrogen (secondary N) is 1. The number of hydrogen-bond acceptors (Lipinski definition) is 3. The molecule has 0 amide bonds. The summed E-state index contributed by atoms with van der Waals surface area (Å²) in [5, 5.41) is 3.47. The highest BCUT2D eigenvalue weighted by molar-refractivity contribution is 6.33. The number of benzene rings is 2. The number of esters is 1. The minimum Gasteiger partial charge on any atom is -0.465 e. The summed E-state index contributed by atoms with van der Waals surface area (Å²) in [6, 6.07) is 9.63. The minimum atomic E-state index is -0.495. The third-order valence-electron chi connectivity index (χ3n) is 3.17. The Balaban J connectivity index is 2.17. The highest BCUT2D eigenvalue weighted by atomic mass is 35.5. The van der Waals surface area contributed by atoms with E-state index in [1.54, 1.807) is 24.3 Å². The number of hydrogen-bond donors (Lipinski definition) is 1. The van der Waals surface area contributed by atoms with E-state index >= 15 is 0 Å². The predicted molar refractivity (Wildman–Crippen MR) is 81.3 cm³/mol. The average molecular weight is 308 g/mol. The van der Waals surface area contributed by atoms with Gasteiger partial charge in [-0.2, -0.15) is 0 Å². The Hall–Kier alpha value is -2.07. The summed E-state index contributed by atoms with van der Waals surface area (Å²) in [6.07, 6.45) is 0. The van der Waals surface area contributed by atoms with E-state index in [1.807, 2.05) is 6.92 Å². The van der Waals surface area contributed by atoms with E-state index in [0.29, 0.717) is 22.8 Å². The van der Waals surface area contributed by atoms with Crippen LogP contribution in [0, 0.1) is 12.7 Å². The Bertz CT molecular complexity index is 673. The maximum absolute atomic E-state index is 13.2. The van der Waals surface area contributed by atoms with Gasteiger partial charge in [0.15, 0.2) is 0 Å². The lowest BCUT2D eigenvalue weighted by Crippen LogP contribution is -2.05. The zero-order valence-electron chi connectivity index (χ0n) is 11.7. The topological polar surface area (TPSA) is 38.3 Å². The Morgan fingerprint density at radius 3 is 2.76 bits per heavy atom. The van der Waals surface area contributed by atoms with Crippen molar-refractivity contribution < 1.29 is 13.9 Å². The van der Waals surface area contributed by atoms with Gasteiger partial charge in [0.05, 0.1) is 17.7 Å². The molecule has 0 fully saturated rings. The first-order valence-corrected chi connectivity index (χ1v) is 6.76. The Morgan fingerprint density at radius 2 is 2.05 bits per heavy atom.